The number of allylic oxidation sites excluding steroid dienone is 1. The second-order valence-electron chi connectivity index (χ2n) is 3.18. The third kappa shape index (κ3) is 2.57. The number of hydrogen-bond acceptors (Lipinski definition) is 4. The van der Waals surface area contributed by atoms with Crippen LogP contribution < -0.4 is 0 Å². The Morgan fingerprint density at radius 2 is 2.00 bits per heavy atom. The molecule has 0 saturated carbocycles. The van der Waals surface area contributed by atoms with Gasteiger partial charge in [0.25, 0.3) is 5.69 Å². The van der Waals surface area contributed by atoms with E-state index in [1.165, 1.54) is 0 Å². The lowest BCUT2D eigenvalue weighted by Gasteiger charge is -2.05. The summed E-state index contributed by atoms with van der Waals surface area (Å²) in [5.41, 5.74) is -1.68. The molecule has 2 N–H and O–H groups in total. The molecule has 0 fully saturated rings. The predicted octanol–water partition coefficient (Wildman–Crippen LogP) is 2.11. The lowest BCUT2D eigenvalue weighted by molar-refractivity contribution is -0.385. The summed E-state index contributed by atoms with van der Waals surface area (Å²) in [4.78, 5) is 20.6. The number of halogens is 1. The van der Waals surface area contributed by atoms with Gasteiger partial charge in [-0.1, -0.05) is 0 Å². The fraction of sp³-hybridized carbons (Fsp3) is 0.100. The van der Waals surface area contributed by atoms with Crippen molar-refractivity contribution in [3.05, 3.63) is 45.5 Å². The minimum Gasteiger partial charge on any atom is -0.512 e. The van der Waals surface area contributed by atoms with Crippen LogP contribution in [0, 0.1) is 15.9 Å². The van der Waals surface area contributed by atoms with E-state index in [1.54, 1.807) is 0 Å². The van der Waals surface area contributed by atoms with Gasteiger partial charge in [-0.2, -0.15) is 0 Å². The second-order valence-corrected chi connectivity index (χ2v) is 3.18. The molecule has 90 valence electrons. The van der Waals surface area contributed by atoms with E-state index in [0.717, 1.165) is 19.1 Å². The molecule has 17 heavy (non-hydrogen) atoms. The number of nitro benzene ring substituents is 1. The number of aliphatic carboxylic acids is 1. The van der Waals surface area contributed by atoms with E-state index >= 15 is 0 Å². The Labute approximate surface area is 94.8 Å². The quantitative estimate of drug-likeness (QED) is 0.365. The van der Waals surface area contributed by atoms with Gasteiger partial charge >= 0.3 is 5.97 Å². The average molecular weight is 241 g/mol. The molecule has 1 aromatic carbocycles. The molecular weight excluding hydrogens is 233 g/mol. The Morgan fingerprint density at radius 1 is 1.41 bits per heavy atom. The number of carboxylic acid groups (broad SMARTS) is 1. The predicted molar refractivity (Wildman–Crippen MR) is 55.9 cm³/mol. The van der Waals surface area contributed by atoms with Crippen LogP contribution in [-0.4, -0.2) is 21.1 Å². The first-order valence-electron chi connectivity index (χ1n) is 4.42. The summed E-state index contributed by atoms with van der Waals surface area (Å²) in [7, 11) is 0. The molecule has 0 bridgehead atoms. The number of nitro groups is 1. The van der Waals surface area contributed by atoms with Crippen LogP contribution in [0.25, 0.3) is 5.57 Å². The van der Waals surface area contributed by atoms with E-state index in [0.29, 0.717) is 6.07 Å². The van der Waals surface area contributed by atoms with Crippen molar-refractivity contribution in [3.63, 3.8) is 0 Å². The van der Waals surface area contributed by atoms with Gasteiger partial charge in [0.2, 0.25) is 0 Å². The van der Waals surface area contributed by atoms with Crippen molar-refractivity contribution in [2.75, 3.05) is 0 Å². The standard InChI is InChI=1S/C10H8FNO5/c1-5(13)9(10(14)15)7-3-2-6(11)4-8(7)12(16)17/h2-4,13H,1H3,(H,14,15). The molecule has 1 aromatic rings. The summed E-state index contributed by atoms with van der Waals surface area (Å²) >= 11 is 0. The normalized spacial score (nSPS) is 11.9. The van der Waals surface area contributed by atoms with Gasteiger partial charge in [0.05, 0.1) is 16.6 Å². The molecule has 1 rings (SSSR count). The zero-order valence-corrected chi connectivity index (χ0v) is 8.68. The molecule has 0 radical (unpaired) electrons. The van der Waals surface area contributed by atoms with Gasteiger partial charge in [0, 0.05) is 0 Å². The fourth-order valence-electron chi connectivity index (χ4n) is 1.33. The Kier molecular flexibility index (Phi) is 3.42. The van der Waals surface area contributed by atoms with Crippen LogP contribution in [0.2, 0.25) is 0 Å². The highest BCUT2D eigenvalue weighted by Gasteiger charge is 2.24. The van der Waals surface area contributed by atoms with Crippen molar-refractivity contribution in [2.24, 2.45) is 0 Å². The minimum absolute atomic E-state index is 0.344. The van der Waals surface area contributed by atoms with Crippen LogP contribution in [0.4, 0.5) is 10.1 Å². The summed E-state index contributed by atoms with van der Waals surface area (Å²) < 4.78 is 12.8. The summed E-state index contributed by atoms with van der Waals surface area (Å²) in [6.45, 7) is 1.08. The molecule has 0 spiro atoms. The maximum atomic E-state index is 12.8. The van der Waals surface area contributed by atoms with Crippen molar-refractivity contribution >= 4 is 17.2 Å². The highest BCUT2D eigenvalue weighted by Crippen LogP contribution is 2.28. The maximum absolute atomic E-state index is 12.8. The molecule has 0 aliphatic rings. The molecule has 6 nitrogen and oxygen atoms in total. The van der Waals surface area contributed by atoms with Crippen molar-refractivity contribution in [1.29, 1.82) is 0 Å². The van der Waals surface area contributed by atoms with Crippen LogP contribution in [0.1, 0.15) is 12.5 Å². The second kappa shape index (κ2) is 4.60. The number of nitrogens with zero attached hydrogens (tertiary/aromatic N) is 1. The number of carbonyl (C=O) groups is 1. The summed E-state index contributed by atoms with van der Waals surface area (Å²) in [5, 5.41) is 28.7. The average Bonchev–Trinajstić information content (AvgIpc) is 2.19. The third-order valence-electron chi connectivity index (χ3n) is 2.00. The Balaban J connectivity index is 3.56. The van der Waals surface area contributed by atoms with Crippen LogP contribution in [0.15, 0.2) is 24.0 Å². The van der Waals surface area contributed by atoms with Gasteiger partial charge in [0.1, 0.15) is 17.1 Å². The molecule has 0 atom stereocenters. The summed E-state index contributed by atoms with van der Waals surface area (Å²) in [6, 6.07) is 2.42. The number of carboxylic acids is 1. The van der Waals surface area contributed by atoms with Crippen molar-refractivity contribution < 1.29 is 24.3 Å². The molecule has 0 heterocycles. The zero-order valence-electron chi connectivity index (χ0n) is 8.68. The number of rotatable bonds is 3. The van der Waals surface area contributed by atoms with Crippen molar-refractivity contribution in [2.45, 2.75) is 6.92 Å². The van der Waals surface area contributed by atoms with Gasteiger partial charge in [-0.3, -0.25) is 10.1 Å². The SMILES string of the molecule is CC(O)=C(C(=O)O)c1ccc(F)cc1[N+](=O)[O-]. The highest BCUT2D eigenvalue weighted by atomic mass is 19.1. The minimum atomic E-state index is -1.53. The highest BCUT2D eigenvalue weighted by molar-refractivity contribution is 6.17. The van der Waals surface area contributed by atoms with Crippen LogP contribution >= 0.6 is 0 Å². The van der Waals surface area contributed by atoms with E-state index in [-0.39, 0.29) is 5.56 Å². The summed E-state index contributed by atoms with van der Waals surface area (Å²) in [5.74, 6) is -2.98. The topological polar surface area (TPSA) is 101 Å². The van der Waals surface area contributed by atoms with Crippen molar-refractivity contribution in [1.82, 2.24) is 0 Å². The molecule has 0 saturated heterocycles. The number of aliphatic hydroxyl groups is 1. The van der Waals surface area contributed by atoms with E-state index in [1.807, 2.05) is 0 Å². The molecule has 0 aliphatic heterocycles. The number of aliphatic hydroxyl groups excluding tert-OH is 1. The lowest BCUT2D eigenvalue weighted by atomic mass is 10.0. The molecule has 0 aliphatic carbocycles. The summed E-state index contributed by atoms with van der Waals surface area (Å²) in [6.07, 6.45) is 0. The largest absolute Gasteiger partial charge is 0.512 e. The first-order chi connectivity index (χ1) is 7.84. The Morgan fingerprint density at radius 3 is 2.41 bits per heavy atom. The molecule has 7 heteroatoms. The zero-order chi connectivity index (χ0) is 13.2. The fourth-order valence-corrected chi connectivity index (χ4v) is 1.33. The van der Waals surface area contributed by atoms with Gasteiger partial charge in [-0.15, -0.1) is 0 Å². The van der Waals surface area contributed by atoms with E-state index in [4.69, 9.17) is 5.11 Å². The number of benzene rings is 1. The van der Waals surface area contributed by atoms with Gasteiger partial charge in [-0.25, -0.2) is 9.18 Å². The van der Waals surface area contributed by atoms with Crippen molar-refractivity contribution in [3.8, 4) is 0 Å². The van der Waals surface area contributed by atoms with Gasteiger partial charge in [0.15, 0.2) is 0 Å². The van der Waals surface area contributed by atoms with Crippen LogP contribution in [0.3, 0.4) is 0 Å². The molecular formula is C10H8FNO5. The number of hydrogen-bond donors (Lipinski definition) is 2. The monoisotopic (exact) mass is 241 g/mol. The van der Waals surface area contributed by atoms with E-state index in [9.17, 15) is 24.4 Å². The molecule has 0 aromatic heterocycles. The van der Waals surface area contributed by atoms with Crippen LogP contribution in [0.5, 0.6) is 0 Å². The Bertz CT molecular complexity index is 519. The Hall–Kier alpha value is -2.44. The van der Waals surface area contributed by atoms with Gasteiger partial charge < -0.3 is 10.2 Å². The van der Waals surface area contributed by atoms with Gasteiger partial charge in [-0.05, 0) is 19.1 Å². The smallest absolute Gasteiger partial charge is 0.339 e. The maximum Gasteiger partial charge on any atom is 0.339 e. The van der Waals surface area contributed by atoms with Crippen LogP contribution in [-0.2, 0) is 4.79 Å². The third-order valence-corrected chi connectivity index (χ3v) is 2.00. The lowest BCUT2D eigenvalue weighted by Crippen LogP contribution is -2.06. The van der Waals surface area contributed by atoms with E-state index < -0.39 is 33.7 Å². The first kappa shape index (κ1) is 12.6. The van der Waals surface area contributed by atoms with E-state index in [2.05, 4.69) is 0 Å². The first-order valence-corrected chi connectivity index (χ1v) is 4.42. The molecule has 0 unspecified atom stereocenters. The molecule has 0 amide bonds.